The van der Waals surface area contributed by atoms with Crippen molar-refractivity contribution in [1.82, 2.24) is 26.0 Å². The van der Waals surface area contributed by atoms with E-state index in [4.69, 9.17) is 12.2 Å². The van der Waals surface area contributed by atoms with Crippen molar-refractivity contribution >= 4 is 29.3 Å². The largest absolute Gasteiger partial charge is 0.361 e. The molecule has 8 heteroatoms. The fourth-order valence-corrected chi connectivity index (χ4v) is 2.64. The van der Waals surface area contributed by atoms with Crippen LogP contribution in [0.1, 0.15) is 18.9 Å². The molecule has 1 aromatic carbocycles. The maximum Gasteiger partial charge on any atom is 0.344 e. The van der Waals surface area contributed by atoms with Gasteiger partial charge in [0, 0.05) is 6.54 Å². The highest BCUT2D eigenvalue weighted by atomic mass is 32.1. The van der Waals surface area contributed by atoms with Gasteiger partial charge >= 0.3 is 6.03 Å². The van der Waals surface area contributed by atoms with Gasteiger partial charge in [-0.25, -0.2) is 4.79 Å². The summed E-state index contributed by atoms with van der Waals surface area (Å²) in [5.74, 6) is -0.392. The van der Waals surface area contributed by atoms with Gasteiger partial charge in [0.25, 0.3) is 5.91 Å². The second kappa shape index (κ2) is 7.59. The Kier molecular flexibility index (Phi) is 5.74. The molecule has 0 saturated carbocycles. The van der Waals surface area contributed by atoms with Crippen LogP contribution in [0.4, 0.5) is 4.79 Å². The predicted molar refractivity (Wildman–Crippen MR) is 96.1 cm³/mol. The summed E-state index contributed by atoms with van der Waals surface area (Å²) < 4.78 is 0. The van der Waals surface area contributed by atoms with E-state index in [1.807, 2.05) is 32.3 Å². The summed E-state index contributed by atoms with van der Waals surface area (Å²) in [4.78, 5) is 26.9. The average molecular weight is 349 g/mol. The number of carbonyl (C=O) groups is 2. The molecule has 1 atom stereocenters. The molecule has 0 radical (unpaired) electrons. The lowest BCUT2D eigenvalue weighted by molar-refractivity contribution is -0.132. The van der Waals surface area contributed by atoms with E-state index in [0.717, 1.165) is 23.5 Å². The zero-order chi connectivity index (χ0) is 17.7. The van der Waals surface area contributed by atoms with Gasteiger partial charge in [0.1, 0.15) is 5.54 Å². The van der Waals surface area contributed by atoms with Crippen LogP contribution in [-0.4, -0.2) is 54.1 Å². The minimum absolute atomic E-state index is 0.245. The van der Waals surface area contributed by atoms with Crippen molar-refractivity contribution in [3.63, 3.8) is 0 Å². The number of urea groups is 1. The number of hydrogen-bond donors (Lipinski definition) is 3. The molecule has 0 aliphatic carbocycles. The van der Waals surface area contributed by atoms with E-state index in [2.05, 4.69) is 21.0 Å². The van der Waals surface area contributed by atoms with E-state index in [9.17, 15) is 9.59 Å². The van der Waals surface area contributed by atoms with Gasteiger partial charge in [-0.1, -0.05) is 30.3 Å². The first kappa shape index (κ1) is 18.2. The van der Waals surface area contributed by atoms with Crippen molar-refractivity contribution < 1.29 is 9.59 Å². The highest BCUT2D eigenvalue weighted by Gasteiger charge is 2.49. The lowest BCUT2D eigenvalue weighted by Crippen LogP contribution is -2.51. The third-order valence-electron chi connectivity index (χ3n) is 3.82. The van der Waals surface area contributed by atoms with E-state index in [0.29, 0.717) is 6.54 Å². The molecule has 3 N–H and O–H groups in total. The van der Waals surface area contributed by atoms with Crippen molar-refractivity contribution in [2.75, 3.05) is 27.2 Å². The Hall–Kier alpha value is -2.19. The number of amides is 3. The summed E-state index contributed by atoms with van der Waals surface area (Å²) in [6.07, 6.45) is 0.899. The van der Waals surface area contributed by atoms with Crippen LogP contribution in [0.15, 0.2) is 30.3 Å². The highest BCUT2D eigenvalue weighted by Crippen LogP contribution is 2.27. The summed E-state index contributed by atoms with van der Waals surface area (Å²) in [6, 6.07) is 8.60. The average Bonchev–Trinajstić information content (AvgIpc) is 2.77. The minimum atomic E-state index is -1.11. The number of hydrogen-bond acceptors (Lipinski definition) is 4. The Bertz CT molecular complexity index is 622. The molecule has 1 aromatic rings. The van der Waals surface area contributed by atoms with Gasteiger partial charge in [0.15, 0.2) is 5.11 Å². The topological polar surface area (TPSA) is 76.7 Å². The molecule has 7 nitrogen and oxygen atoms in total. The first-order valence-electron chi connectivity index (χ1n) is 7.76. The second-order valence-electron chi connectivity index (χ2n) is 6.09. The van der Waals surface area contributed by atoms with Crippen molar-refractivity contribution in [1.29, 1.82) is 0 Å². The molecule has 0 spiro atoms. The fourth-order valence-electron chi connectivity index (χ4n) is 2.45. The van der Waals surface area contributed by atoms with E-state index in [-0.39, 0.29) is 5.11 Å². The number of hydrazine groups is 1. The summed E-state index contributed by atoms with van der Waals surface area (Å²) >= 11 is 5.16. The smallest absolute Gasteiger partial charge is 0.344 e. The van der Waals surface area contributed by atoms with E-state index >= 15 is 0 Å². The maximum absolute atomic E-state index is 12.7. The lowest BCUT2D eigenvalue weighted by Gasteiger charge is -2.22. The van der Waals surface area contributed by atoms with Crippen molar-refractivity contribution in [2.24, 2.45) is 0 Å². The van der Waals surface area contributed by atoms with Gasteiger partial charge in [-0.3, -0.25) is 10.2 Å². The SMILES string of the molecule is CN(C)CCCNC(=S)NN1C(=O)N[C@](C)(c2ccccc2)C1=O. The minimum Gasteiger partial charge on any atom is -0.361 e. The Morgan fingerprint density at radius 1 is 1.29 bits per heavy atom. The molecule has 3 amide bonds. The molecule has 1 aliphatic heterocycles. The Labute approximate surface area is 147 Å². The Morgan fingerprint density at radius 2 is 1.96 bits per heavy atom. The lowest BCUT2D eigenvalue weighted by atomic mass is 9.92. The number of thiocarbonyl (C=S) groups is 1. The fraction of sp³-hybridized carbons (Fsp3) is 0.438. The van der Waals surface area contributed by atoms with Crippen LogP contribution in [0.3, 0.4) is 0 Å². The standard InChI is InChI=1S/C16H23N5O2S/c1-16(12-8-5-4-6-9-12)13(22)21(15(23)18-16)19-14(24)17-10-7-11-20(2)3/h4-6,8-9H,7,10-11H2,1-3H3,(H,18,23)(H2,17,19,24)/t16-/m1/s1. The Balaban J connectivity index is 1.96. The van der Waals surface area contributed by atoms with Gasteiger partial charge in [-0.2, -0.15) is 5.01 Å². The van der Waals surface area contributed by atoms with Crippen molar-refractivity contribution in [3.8, 4) is 0 Å². The molecule has 130 valence electrons. The molecular weight excluding hydrogens is 326 g/mol. The predicted octanol–water partition coefficient (Wildman–Crippen LogP) is 0.784. The van der Waals surface area contributed by atoms with Crippen LogP contribution in [0.25, 0.3) is 0 Å². The normalized spacial score (nSPS) is 20.2. The van der Waals surface area contributed by atoms with Gasteiger partial charge in [0.05, 0.1) is 0 Å². The third kappa shape index (κ3) is 4.01. The van der Waals surface area contributed by atoms with Crippen LogP contribution in [0.5, 0.6) is 0 Å². The molecule has 1 saturated heterocycles. The molecule has 0 aromatic heterocycles. The molecule has 1 fully saturated rings. The summed E-state index contributed by atoms with van der Waals surface area (Å²) in [6.45, 7) is 3.26. The zero-order valence-corrected chi connectivity index (χ0v) is 14.9. The maximum atomic E-state index is 12.7. The molecule has 0 unspecified atom stereocenters. The van der Waals surface area contributed by atoms with Crippen LogP contribution in [-0.2, 0) is 10.3 Å². The molecular formula is C16H23N5O2S. The van der Waals surface area contributed by atoms with E-state index < -0.39 is 17.5 Å². The Morgan fingerprint density at radius 3 is 2.58 bits per heavy atom. The van der Waals surface area contributed by atoms with Crippen LogP contribution in [0, 0.1) is 0 Å². The number of benzene rings is 1. The second-order valence-corrected chi connectivity index (χ2v) is 6.49. The summed E-state index contributed by atoms with van der Waals surface area (Å²) in [7, 11) is 3.99. The summed E-state index contributed by atoms with van der Waals surface area (Å²) in [5.41, 5.74) is 2.28. The zero-order valence-electron chi connectivity index (χ0n) is 14.1. The molecule has 2 rings (SSSR count). The van der Waals surface area contributed by atoms with Crippen LogP contribution < -0.4 is 16.1 Å². The number of carbonyl (C=O) groups excluding carboxylic acids is 2. The highest BCUT2D eigenvalue weighted by molar-refractivity contribution is 7.80. The number of imide groups is 1. The number of rotatable bonds is 6. The van der Waals surface area contributed by atoms with Gasteiger partial charge in [0.2, 0.25) is 0 Å². The molecule has 24 heavy (non-hydrogen) atoms. The first-order valence-corrected chi connectivity index (χ1v) is 8.17. The molecule has 1 aliphatic rings. The quantitative estimate of drug-likeness (QED) is 0.400. The van der Waals surface area contributed by atoms with Crippen molar-refractivity contribution in [3.05, 3.63) is 35.9 Å². The van der Waals surface area contributed by atoms with E-state index in [1.165, 1.54) is 0 Å². The first-order chi connectivity index (χ1) is 11.3. The van der Waals surface area contributed by atoms with Crippen molar-refractivity contribution in [2.45, 2.75) is 18.9 Å². The van der Waals surface area contributed by atoms with Gasteiger partial charge in [-0.15, -0.1) is 0 Å². The number of nitrogens with one attached hydrogen (secondary N) is 3. The van der Waals surface area contributed by atoms with Gasteiger partial charge < -0.3 is 15.5 Å². The number of nitrogens with zero attached hydrogens (tertiary/aromatic N) is 2. The molecule has 0 bridgehead atoms. The van der Waals surface area contributed by atoms with E-state index in [1.54, 1.807) is 19.1 Å². The van der Waals surface area contributed by atoms with Crippen LogP contribution in [0.2, 0.25) is 0 Å². The van der Waals surface area contributed by atoms with Crippen LogP contribution >= 0.6 is 12.2 Å². The van der Waals surface area contributed by atoms with Gasteiger partial charge in [-0.05, 0) is 51.8 Å². The third-order valence-corrected chi connectivity index (χ3v) is 4.06. The summed E-state index contributed by atoms with van der Waals surface area (Å²) in [5, 5.41) is 6.88. The monoisotopic (exact) mass is 349 g/mol. The molecule has 1 heterocycles.